The van der Waals surface area contributed by atoms with E-state index in [0.29, 0.717) is 19.8 Å². The molecule has 1 fully saturated rings. The van der Waals surface area contributed by atoms with E-state index in [1.54, 1.807) is 11.1 Å². The van der Waals surface area contributed by atoms with E-state index in [4.69, 9.17) is 9.47 Å². The van der Waals surface area contributed by atoms with Crippen molar-refractivity contribution in [2.24, 2.45) is 0 Å². The third kappa shape index (κ3) is 3.79. The van der Waals surface area contributed by atoms with E-state index < -0.39 is 0 Å². The van der Waals surface area contributed by atoms with Gasteiger partial charge in [0.15, 0.2) is 0 Å². The molecule has 7 nitrogen and oxygen atoms in total. The average molecular weight is 334 g/mol. The van der Waals surface area contributed by atoms with Crippen molar-refractivity contribution in [1.82, 2.24) is 19.8 Å². The molecule has 1 aromatic heterocycles. The topological polar surface area (TPSA) is 68.6 Å². The molecule has 2 atom stereocenters. The van der Waals surface area contributed by atoms with Crippen LogP contribution in [0.15, 0.2) is 24.0 Å². The number of aromatic nitrogens is 2. The van der Waals surface area contributed by atoms with E-state index in [2.05, 4.69) is 27.9 Å². The highest BCUT2D eigenvalue weighted by Crippen LogP contribution is 2.28. The highest BCUT2D eigenvalue weighted by Gasteiger charge is 2.34. The lowest BCUT2D eigenvalue weighted by atomic mass is 10.1. The summed E-state index contributed by atoms with van der Waals surface area (Å²) in [6.07, 6.45) is 7.41. The molecule has 0 radical (unpaired) electrons. The molecular weight excluding hydrogens is 308 g/mol. The smallest absolute Gasteiger partial charge is 0.317 e. The molecule has 1 aromatic rings. The molecule has 1 N–H and O–H groups in total. The maximum atomic E-state index is 12.5. The predicted octanol–water partition coefficient (Wildman–Crippen LogP) is 1.72. The van der Waals surface area contributed by atoms with E-state index in [0.717, 1.165) is 37.4 Å². The van der Waals surface area contributed by atoms with Crippen LogP contribution in [-0.2, 0) is 16.0 Å². The van der Waals surface area contributed by atoms with Crippen LogP contribution in [0.3, 0.4) is 0 Å². The van der Waals surface area contributed by atoms with Crippen LogP contribution in [0.5, 0.6) is 0 Å². The molecule has 7 heteroatoms. The van der Waals surface area contributed by atoms with Crippen molar-refractivity contribution in [3.05, 3.63) is 29.9 Å². The third-order valence-electron chi connectivity index (χ3n) is 4.51. The lowest BCUT2D eigenvalue weighted by Gasteiger charge is -2.25. The Morgan fingerprint density at radius 1 is 1.50 bits per heavy atom. The Balaban J connectivity index is 1.59. The summed E-state index contributed by atoms with van der Waals surface area (Å²) in [5.41, 5.74) is 1.15. The monoisotopic (exact) mass is 334 g/mol. The Kier molecular flexibility index (Phi) is 5.52. The van der Waals surface area contributed by atoms with Crippen molar-refractivity contribution in [2.75, 3.05) is 33.4 Å². The maximum absolute atomic E-state index is 12.5. The number of imidazole rings is 1. The molecule has 3 rings (SSSR count). The van der Waals surface area contributed by atoms with Crippen LogP contribution in [-0.4, -0.2) is 59.9 Å². The van der Waals surface area contributed by atoms with Crippen LogP contribution in [0.2, 0.25) is 0 Å². The van der Waals surface area contributed by atoms with Gasteiger partial charge in [-0.05, 0) is 25.3 Å². The van der Waals surface area contributed by atoms with E-state index in [9.17, 15) is 4.79 Å². The second-order valence-electron chi connectivity index (χ2n) is 6.27. The van der Waals surface area contributed by atoms with Crippen molar-refractivity contribution < 1.29 is 14.3 Å². The summed E-state index contributed by atoms with van der Waals surface area (Å²) in [7, 11) is 1.81. The number of nitrogens with zero attached hydrogens (tertiary/aromatic N) is 3. The zero-order chi connectivity index (χ0) is 16.9. The van der Waals surface area contributed by atoms with E-state index in [1.807, 2.05) is 13.2 Å². The van der Waals surface area contributed by atoms with Gasteiger partial charge in [0, 0.05) is 39.1 Å². The molecule has 2 aliphatic rings. The molecule has 132 valence electrons. The van der Waals surface area contributed by atoms with Crippen molar-refractivity contribution in [3.63, 3.8) is 0 Å². The van der Waals surface area contributed by atoms with E-state index in [1.165, 1.54) is 0 Å². The van der Waals surface area contributed by atoms with Gasteiger partial charge in [-0.2, -0.15) is 0 Å². The zero-order valence-corrected chi connectivity index (χ0v) is 14.4. The molecule has 1 saturated heterocycles. The standard InChI is InChI=1S/C17H26N4O3/c1-3-21-8-7-18-16(21)15-14(6-10-24-15)19-17(22)20(2)11-13-5-4-9-23-12-13/h5,7-8,14-15H,3-4,6,9-12H2,1-2H3,(H,19,22)/t14-,15-/m1/s1. The maximum Gasteiger partial charge on any atom is 0.317 e. The minimum absolute atomic E-state index is 0.0516. The second-order valence-corrected chi connectivity index (χ2v) is 6.27. The number of nitrogens with one attached hydrogen (secondary N) is 1. The predicted molar refractivity (Wildman–Crippen MR) is 89.7 cm³/mol. The number of likely N-dealkylation sites (N-methyl/N-ethyl adjacent to an activating group) is 1. The largest absolute Gasteiger partial charge is 0.377 e. The summed E-state index contributed by atoms with van der Waals surface area (Å²) >= 11 is 0. The summed E-state index contributed by atoms with van der Waals surface area (Å²) in [4.78, 5) is 18.6. The Morgan fingerprint density at radius 2 is 2.38 bits per heavy atom. The number of rotatable bonds is 5. The number of amides is 2. The van der Waals surface area contributed by atoms with Gasteiger partial charge in [0.1, 0.15) is 11.9 Å². The molecule has 0 aromatic carbocycles. The van der Waals surface area contributed by atoms with Gasteiger partial charge in [-0.15, -0.1) is 0 Å². The van der Waals surface area contributed by atoms with Gasteiger partial charge in [0.2, 0.25) is 0 Å². The highest BCUT2D eigenvalue weighted by molar-refractivity contribution is 5.74. The van der Waals surface area contributed by atoms with Crippen LogP contribution in [0.25, 0.3) is 0 Å². The first kappa shape index (κ1) is 17.0. The number of carbonyl (C=O) groups is 1. The molecule has 0 unspecified atom stereocenters. The summed E-state index contributed by atoms with van der Waals surface area (Å²) < 4.78 is 13.3. The number of urea groups is 1. The number of hydrogen-bond acceptors (Lipinski definition) is 4. The van der Waals surface area contributed by atoms with Gasteiger partial charge in [-0.25, -0.2) is 9.78 Å². The number of aryl methyl sites for hydroxylation is 1. The van der Waals surface area contributed by atoms with Crippen LogP contribution in [0.4, 0.5) is 4.79 Å². The minimum Gasteiger partial charge on any atom is -0.377 e. The summed E-state index contributed by atoms with van der Waals surface area (Å²) in [6, 6.07) is -0.138. The van der Waals surface area contributed by atoms with Gasteiger partial charge in [-0.3, -0.25) is 0 Å². The minimum atomic E-state index is -0.186. The van der Waals surface area contributed by atoms with Crippen LogP contribution in [0, 0.1) is 0 Å². The number of carbonyl (C=O) groups excluding carboxylic acids is 1. The highest BCUT2D eigenvalue weighted by atomic mass is 16.5. The molecule has 24 heavy (non-hydrogen) atoms. The lowest BCUT2D eigenvalue weighted by molar-refractivity contribution is 0.0888. The van der Waals surface area contributed by atoms with E-state index >= 15 is 0 Å². The van der Waals surface area contributed by atoms with Gasteiger partial charge < -0.3 is 24.3 Å². The first-order valence-electron chi connectivity index (χ1n) is 8.59. The number of ether oxygens (including phenoxy) is 2. The lowest BCUT2D eigenvalue weighted by Crippen LogP contribution is -2.45. The van der Waals surface area contributed by atoms with Gasteiger partial charge >= 0.3 is 6.03 Å². The fraction of sp³-hybridized carbons (Fsp3) is 0.647. The number of hydrogen-bond donors (Lipinski definition) is 1. The summed E-state index contributed by atoms with van der Waals surface area (Å²) in [6.45, 7) is 5.51. The first-order chi connectivity index (χ1) is 11.7. The third-order valence-corrected chi connectivity index (χ3v) is 4.51. The van der Waals surface area contributed by atoms with Crippen molar-refractivity contribution in [3.8, 4) is 0 Å². The van der Waals surface area contributed by atoms with Crippen molar-refractivity contribution >= 4 is 6.03 Å². The molecule has 2 amide bonds. The Hall–Kier alpha value is -1.86. The second kappa shape index (κ2) is 7.81. The summed E-state index contributed by atoms with van der Waals surface area (Å²) in [5.74, 6) is 0.881. The fourth-order valence-corrected chi connectivity index (χ4v) is 3.20. The van der Waals surface area contributed by atoms with Gasteiger partial charge in [-0.1, -0.05) is 6.08 Å². The molecule has 0 saturated carbocycles. The quantitative estimate of drug-likeness (QED) is 0.833. The van der Waals surface area contributed by atoms with Gasteiger partial charge in [0.05, 0.1) is 19.3 Å². The SMILES string of the molecule is CCn1ccnc1[C@@H]1OCC[C@H]1NC(=O)N(C)CC1=CCCOC1. The van der Waals surface area contributed by atoms with Crippen molar-refractivity contribution in [1.29, 1.82) is 0 Å². The molecular formula is C17H26N4O3. The van der Waals surface area contributed by atoms with E-state index in [-0.39, 0.29) is 18.2 Å². The Labute approximate surface area is 142 Å². The Bertz CT molecular complexity index is 598. The molecule has 3 heterocycles. The zero-order valence-electron chi connectivity index (χ0n) is 14.4. The molecule has 0 aliphatic carbocycles. The van der Waals surface area contributed by atoms with Gasteiger partial charge in [0.25, 0.3) is 0 Å². The normalized spacial score (nSPS) is 23.8. The molecule has 2 aliphatic heterocycles. The molecule has 0 spiro atoms. The van der Waals surface area contributed by atoms with Crippen molar-refractivity contribution in [2.45, 2.75) is 38.5 Å². The van der Waals surface area contributed by atoms with Crippen LogP contribution in [0.1, 0.15) is 31.7 Å². The Morgan fingerprint density at radius 3 is 3.12 bits per heavy atom. The summed E-state index contributed by atoms with van der Waals surface area (Å²) in [5, 5.41) is 3.10. The first-order valence-corrected chi connectivity index (χ1v) is 8.59. The fourth-order valence-electron chi connectivity index (χ4n) is 3.20. The van der Waals surface area contributed by atoms with Crippen LogP contribution < -0.4 is 5.32 Å². The molecule has 0 bridgehead atoms. The van der Waals surface area contributed by atoms with Crippen LogP contribution >= 0.6 is 0 Å². The average Bonchev–Trinajstić information content (AvgIpc) is 3.23.